The van der Waals surface area contributed by atoms with Crippen LogP contribution in [0.2, 0.25) is 0 Å². The minimum absolute atomic E-state index is 0.0518. The predicted octanol–water partition coefficient (Wildman–Crippen LogP) is 4.44. The van der Waals surface area contributed by atoms with E-state index in [9.17, 15) is 13.9 Å². The average Bonchev–Trinajstić information content (AvgIpc) is 2.86. The summed E-state index contributed by atoms with van der Waals surface area (Å²) in [5.41, 5.74) is -1.61. The SMILES string of the molecule is CC(O)(c1cc2ccccc2s1)c1cccc(F)c1F. The molecular formula is C16H12F2OS. The van der Waals surface area contributed by atoms with Crippen LogP contribution in [0.15, 0.2) is 48.5 Å². The Morgan fingerprint density at radius 1 is 1.05 bits per heavy atom. The fourth-order valence-corrected chi connectivity index (χ4v) is 3.36. The highest BCUT2D eigenvalue weighted by atomic mass is 32.1. The molecule has 0 aliphatic carbocycles. The molecule has 2 aromatic carbocycles. The van der Waals surface area contributed by atoms with Gasteiger partial charge in [-0.2, -0.15) is 0 Å². The molecule has 0 bridgehead atoms. The highest BCUT2D eigenvalue weighted by Gasteiger charge is 2.31. The third kappa shape index (κ3) is 2.01. The Kier molecular flexibility index (Phi) is 3.07. The molecule has 0 saturated heterocycles. The van der Waals surface area contributed by atoms with Gasteiger partial charge in [0.05, 0.1) is 0 Å². The molecule has 102 valence electrons. The molecule has 4 heteroatoms. The lowest BCUT2D eigenvalue weighted by Gasteiger charge is -2.23. The second kappa shape index (κ2) is 4.65. The van der Waals surface area contributed by atoms with Crippen LogP contribution in [0, 0.1) is 11.6 Å². The van der Waals surface area contributed by atoms with Gasteiger partial charge in [0.25, 0.3) is 0 Å². The molecule has 0 aliphatic heterocycles. The Labute approximate surface area is 119 Å². The summed E-state index contributed by atoms with van der Waals surface area (Å²) in [6.45, 7) is 1.48. The van der Waals surface area contributed by atoms with Crippen molar-refractivity contribution in [3.63, 3.8) is 0 Å². The normalized spacial score (nSPS) is 14.4. The van der Waals surface area contributed by atoms with E-state index in [-0.39, 0.29) is 5.56 Å². The number of fused-ring (bicyclic) bond motifs is 1. The van der Waals surface area contributed by atoms with Crippen molar-refractivity contribution in [3.05, 3.63) is 70.6 Å². The lowest BCUT2D eigenvalue weighted by Crippen LogP contribution is -2.23. The molecule has 0 fully saturated rings. The summed E-state index contributed by atoms with van der Waals surface area (Å²) in [5, 5.41) is 11.6. The maximum atomic E-state index is 13.9. The van der Waals surface area contributed by atoms with E-state index in [4.69, 9.17) is 0 Å². The summed E-state index contributed by atoms with van der Waals surface area (Å²) in [5.74, 6) is -1.96. The quantitative estimate of drug-likeness (QED) is 0.740. The summed E-state index contributed by atoms with van der Waals surface area (Å²) in [6, 6.07) is 13.3. The lowest BCUT2D eigenvalue weighted by molar-refractivity contribution is 0.101. The van der Waals surface area contributed by atoms with Crippen LogP contribution in [0.4, 0.5) is 8.78 Å². The van der Waals surface area contributed by atoms with E-state index in [1.54, 1.807) is 0 Å². The molecule has 3 aromatic rings. The van der Waals surface area contributed by atoms with Crippen molar-refractivity contribution in [2.45, 2.75) is 12.5 Å². The Hall–Kier alpha value is -1.78. The van der Waals surface area contributed by atoms with Gasteiger partial charge >= 0.3 is 0 Å². The Balaban J connectivity index is 2.17. The van der Waals surface area contributed by atoms with E-state index in [0.29, 0.717) is 4.88 Å². The van der Waals surface area contributed by atoms with Crippen molar-refractivity contribution >= 4 is 21.4 Å². The van der Waals surface area contributed by atoms with E-state index in [2.05, 4.69) is 0 Å². The van der Waals surface area contributed by atoms with Crippen molar-refractivity contribution < 1.29 is 13.9 Å². The molecule has 0 saturated carbocycles. The molecule has 0 aliphatic rings. The van der Waals surface area contributed by atoms with Gasteiger partial charge in [0.15, 0.2) is 11.6 Å². The highest BCUT2D eigenvalue weighted by molar-refractivity contribution is 7.19. The number of rotatable bonds is 2. The number of aliphatic hydroxyl groups is 1. The van der Waals surface area contributed by atoms with E-state index in [0.717, 1.165) is 16.2 Å². The van der Waals surface area contributed by atoms with Crippen LogP contribution < -0.4 is 0 Å². The molecule has 3 rings (SSSR count). The van der Waals surface area contributed by atoms with E-state index in [1.807, 2.05) is 30.3 Å². The molecule has 1 N–H and O–H groups in total. The molecule has 1 atom stereocenters. The number of hydrogen-bond donors (Lipinski definition) is 1. The van der Waals surface area contributed by atoms with Crippen molar-refractivity contribution in [3.8, 4) is 0 Å². The van der Waals surface area contributed by atoms with Crippen LogP contribution in [0.5, 0.6) is 0 Å². The Morgan fingerprint density at radius 3 is 2.55 bits per heavy atom. The van der Waals surface area contributed by atoms with Crippen LogP contribution in [-0.4, -0.2) is 5.11 Å². The van der Waals surface area contributed by atoms with Crippen LogP contribution >= 0.6 is 11.3 Å². The molecule has 1 nitrogen and oxygen atoms in total. The van der Waals surface area contributed by atoms with Gasteiger partial charge in [-0.15, -0.1) is 11.3 Å². The fourth-order valence-electron chi connectivity index (χ4n) is 2.23. The first kappa shape index (κ1) is 13.2. The zero-order valence-corrected chi connectivity index (χ0v) is 11.5. The summed E-state index contributed by atoms with van der Waals surface area (Å²) in [6.07, 6.45) is 0. The number of halogens is 2. The lowest BCUT2D eigenvalue weighted by atomic mass is 9.93. The molecular weight excluding hydrogens is 278 g/mol. The van der Waals surface area contributed by atoms with Crippen molar-refractivity contribution in [1.82, 2.24) is 0 Å². The number of benzene rings is 2. The monoisotopic (exact) mass is 290 g/mol. The van der Waals surface area contributed by atoms with E-state index < -0.39 is 17.2 Å². The van der Waals surface area contributed by atoms with Crippen LogP contribution in [-0.2, 0) is 5.60 Å². The molecule has 0 radical (unpaired) electrons. The molecule has 1 aromatic heterocycles. The topological polar surface area (TPSA) is 20.2 Å². The van der Waals surface area contributed by atoms with Crippen molar-refractivity contribution in [1.29, 1.82) is 0 Å². The molecule has 1 heterocycles. The number of hydrogen-bond acceptors (Lipinski definition) is 2. The smallest absolute Gasteiger partial charge is 0.165 e. The van der Waals surface area contributed by atoms with Gasteiger partial charge in [0.2, 0.25) is 0 Å². The predicted molar refractivity (Wildman–Crippen MR) is 76.9 cm³/mol. The molecule has 0 spiro atoms. The van der Waals surface area contributed by atoms with Gasteiger partial charge in [-0.1, -0.05) is 30.3 Å². The van der Waals surface area contributed by atoms with Crippen molar-refractivity contribution in [2.75, 3.05) is 0 Å². The fraction of sp³-hybridized carbons (Fsp3) is 0.125. The van der Waals surface area contributed by atoms with Gasteiger partial charge in [0, 0.05) is 15.1 Å². The van der Waals surface area contributed by atoms with Crippen LogP contribution in [0.1, 0.15) is 17.4 Å². The maximum Gasteiger partial charge on any atom is 0.165 e. The molecule has 1 unspecified atom stereocenters. The summed E-state index contributed by atoms with van der Waals surface area (Å²) in [7, 11) is 0. The van der Waals surface area contributed by atoms with E-state index >= 15 is 0 Å². The second-order valence-electron chi connectivity index (χ2n) is 4.82. The zero-order chi connectivity index (χ0) is 14.3. The minimum Gasteiger partial charge on any atom is -0.380 e. The Bertz CT molecular complexity index is 744. The first-order valence-electron chi connectivity index (χ1n) is 6.16. The highest BCUT2D eigenvalue weighted by Crippen LogP contribution is 2.38. The first-order valence-corrected chi connectivity index (χ1v) is 6.98. The van der Waals surface area contributed by atoms with Gasteiger partial charge in [-0.25, -0.2) is 8.78 Å². The summed E-state index contributed by atoms with van der Waals surface area (Å²) < 4.78 is 28.3. The summed E-state index contributed by atoms with van der Waals surface area (Å²) in [4.78, 5) is 0.586. The molecule has 0 amide bonds. The average molecular weight is 290 g/mol. The zero-order valence-electron chi connectivity index (χ0n) is 10.7. The third-order valence-electron chi connectivity index (χ3n) is 3.38. The third-order valence-corrected chi connectivity index (χ3v) is 4.71. The summed E-state index contributed by atoms with van der Waals surface area (Å²) >= 11 is 1.37. The second-order valence-corrected chi connectivity index (χ2v) is 5.91. The van der Waals surface area contributed by atoms with E-state index in [1.165, 1.54) is 30.4 Å². The van der Waals surface area contributed by atoms with Crippen molar-refractivity contribution in [2.24, 2.45) is 0 Å². The van der Waals surface area contributed by atoms with Gasteiger partial charge in [0.1, 0.15) is 5.60 Å². The van der Waals surface area contributed by atoms with Gasteiger partial charge in [-0.05, 0) is 30.5 Å². The molecule has 20 heavy (non-hydrogen) atoms. The van der Waals surface area contributed by atoms with Gasteiger partial charge in [-0.3, -0.25) is 0 Å². The maximum absolute atomic E-state index is 13.9. The first-order chi connectivity index (χ1) is 9.50. The van der Waals surface area contributed by atoms with Crippen LogP contribution in [0.3, 0.4) is 0 Å². The minimum atomic E-state index is -1.56. The standard InChI is InChI=1S/C16H12F2OS/c1-16(19,11-6-4-7-12(17)15(11)18)14-9-10-5-2-3-8-13(10)20-14/h2-9,19H,1H3. The van der Waals surface area contributed by atoms with Crippen LogP contribution in [0.25, 0.3) is 10.1 Å². The van der Waals surface area contributed by atoms with Gasteiger partial charge < -0.3 is 5.11 Å². The number of thiophene rings is 1. The Morgan fingerprint density at radius 2 is 1.80 bits per heavy atom. The largest absolute Gasteiger partial charge is 0.380 e.